The minimum absolute atomic E-state index is 0.0349. The van der Waals surface area contributed by atoms with E-state index >= 15 is 0 Å². The summed E-state index contributed by atoms with van der Waals surface area (Å²) in [6.07, 6.45) is -4.71. The van der Waals surface area contributed by atoms with E-state index in [4.69, 9.17) is 10.00 Å². The van der Waals surface area contributed by atoms with E-state index in [1.807, 2.05) is 0 Å². The minimum atomic E-state index is -4.43. The summed E-state index contributed by atoms with van der Waals surface area (Å²) in [5.41, 5.74) is -0.719. The summed E-state index contributed by atoms with van der Waals surface area (Å²) in [6, 6.07) is 4.61. The van der Waals surface area contributed by atoms with Crippen LogP contribution in [0.25, 0.3) is 0 Å². The van der Waals surface area contributed by atoms with Crippen LogP contribution in [0.15, 0.2) is 18.2 Å². The van der Waals surface area contributed by atoms with Crippen LogP contribution >= 0.6 is 0 Å². The van der Waals surface area contributed by atoms with E-state index < -0.39 is 11.7 Å². The Morgan fingerprint density at radius 2 is 1.94 bits per heavy atom. The predicted octanol–water partition coefficient (Wildman–Crippen LogP) is 3.36. The SMILES string of the molecule is CC(C)Oc1cc(C(F)(F)F)ccc1C#N. The van der Waals surface area contributed by atoms with Crippen LogP contribution in [0.5, 0.6) is 5.75 Å². The zero-order valence-corrected chi connectivity index (χ0v) is 8.80. The average molecular weight is 229 g/mol. The van der Waals surface area contributed by atoms with Crippen molar-refractivity contribution < 1.29 is 17.9 Å². The van der Waals surface area contributed by atoms with Crippen molar-refractivity contribution in [1.29, 1.82) is 5.26 Å². The lowest BCUT2D eigenvalue weighted by molar-refractivity contribution is -0.137. The average Bonchev–Trinajstić information content (AvgIpc) is 2.15. The highest BCUT2D eigenvalue weighted by Crippen LogP contribution is 2.33. The topological polar surface area (TPSA) is 33.0 Å². The Morgan fingerprint density at radius 3 is 2.38 bits per heavy atom. The van der Waals surface area contributed by atoms with Crippen molar-refractivity contribution >= 4 is 0 Å². The van der Waals surface area contributed by atoms with E-state index in [0.29, 0.717) is 0 Å². The van der Waals surface area contributed by atoms with Crippen molar-refractivity contribution in [3.63, 3.8) is 0 Å². The van der Waals surface area contributed by atoms with E-state index in [2.05, 4.69) is 0 Å². The number of hydrogen-bond donors (Lipinski definition) is 0. The summed E-state index contributed by atoms with van der Waals surface area (Å²) in [7, 11) is 0. The second kappa shape index (κ2) is 4.44. The third-order valence-corrected chi connectivity index (χ3v) is 1.79. The van der Waals surface area contributed by atoms with Crippen molar-refractivity contribution in [2.75, 3.05) is 0 Å². The predicted molar refractivity (Wildman–Crippen MR) is 51.9 cm³/mol. The summed E-state index contributed by atoms with van der Waals surface area (Å²) in [5, 5.41) is 8.71. The fourth-order valence-corrected chi connectivity index (χ4v) is 1.14. The lowest BCUT2D eigenvalue weighted by atomic mass is 10.1. The maximum atomic E-state index is 12.4. The Labute approximate surface area is 91.3 Å². The highest BCUT2D eigenvalue weighted by Gasteiger charge is 2.31. The summed E-state index contributed by atoms with van der Waals surface area (Å²) >= 11 is 0. The quantitative estimate of drug-likeness (QED) is 0.778. The number of benzene rings is 1. The van der Waals surface area contributed by atoms with Gasteiger partial charge in [0.15, 0.2) is 0 Å². The van der Waals surface area contributed by atoms with Crippen molar-refractivity contribution in [1.82, 2.24) is 0 Å². The first kappa shape index (κ1) is 12.4. The maximum Gasteiger partial charge on any atom is 0.416 e. The molecule has 0 saturated carbocycles. The smallest absolute Gasteiger partial charge is 0.416 e. The first-order chi connectivity index (χ1) is 7.34. The zero-order chi connectivity index (χ0) is 12.3. The third kappa shape index (κ3) is 2.89. The summed E-state index contributed by atoms with van der Waals surface area (Å²) in [5.74, 6) is -0.0349. The number of nitriles is 1. The van der Waals surface area contributed by atoms with Gasteiger partial charge in [0.1, 0.15) is 11.8 Å². The molecule has 0 aromatic heterocycles. The van der Waals surface area contributed by atoms with Crippen molar-refractivity contribution in [3.05, 3.63) is 29.3 Å². The number of alkyl halides is 3. The molecule has 0 atom stereocenters. The van der Waals surface area contributed by atoms with Gasteiger partial charge in [0.2, 0.25) is 0 Å². The second-order valence-electron chi connectivity index (χ2n) is 3.49. The second-order valence-corrected chi connectivity index (χ2v) is 3.49. The molecule has 0 spiro atoms. The first-order valence-electron chi connectivity index (χ1n) is 4.62. The molecule has 1 aromatic rings. The number of ether oxygens (including phenoxy) is 1. The number of rotatable bonds is 2. The van der Waals surface area contributed by atoms with E-state index in [1.165, 1.54) is 0 Å². The van der Waals surface area contributed by atoms with Crippen LogP contribution in [-0.2, 0) is 6.18 Å². The molecular weight excluding hydrogens is 219 g/mol. The van der Waals surface area contributed by atoms with Crippen LogP contribution in [0.2, 0.25) is 0 Å². The number of hydrogen-bond acceptors (Lipinski definition) is 2. The third-order valence-electron chi connectivity index (χ3n) is 1.79. The molecule has 1 rings (SSSR count). The van der Waals surface area contributed by atoms with Crippen LogP contribution in [-0.4, -0.2) is 6.10 Å². The van der Waals surface area contributed by atoms with Crippen molar-refractivity contribution in [2.24, 2.45) is 0 Å². The van der Waals surface area contributed by atoms with E-state index in [0.717, 1.165) is 18.2 Å². The van der Waals surface area contributed by atoms with E-state index in [-0.39, 0.29) is 17.4 Å². The van der Waals surface area contributed by atoms with Gasteiger partial charge in [0.25, 0.3) is 0 Å². The molecule has 0 radical (unpaired) electrons. The molecule has 0 aliphatic rings. The minimum Gasteiger partial charge on any atom is -0.490 e. The van der Waals surface area contributed by atoms with E-state index in [9.17, 15) is 13.2 Å². The summed E-state index contributed by atoms with van der Waals surface area (Å²) < 4.78 is 42.4. The Morgan fingerprint density at radius 1 is 1.31 bits per heavy atom. The molecule has 0 aliphatic carbocycles. The normalized spacial score (nSPS) is 11.3. The van der Waals surface area contributed by atoms with E-state index in [1.54, 1.807) is 19.9 Å². The Balaban J connectivity index is 3.18. The van der Waals surface area contributed by atoms with Gasteiger partial charge in [0.05, 0.1) is 17.2 Å². The monoisotopic (exact) mass is 229 g/mol. The van der Waals surface area contributed by atoms with Crippen LogP contribution in [0.4, 0.5) is 13.2 Å². The fourth-order valence-electron chi connectivity index (χ4n) is 1.14. The molecule has 5 heteroatoms. The Kier molecular flexibility index (Phi) is 3.43. The van der Waals surface area contributed by atoms with Crippen LogP contribution in [0.3, 0.4) is 0 Å². The van der Waals surface area contributed by atoms with Crippen LogP contribution in [0.1, 0.15) is 25.0 Å². The fraction of sp³-hybridized carbons (Fsp3) is 0.364. The highest BCUT2D eigenvalue weighted by molar-refractivity contribution is 5.46. The van der Waals surface area contributed by atoms with Crippen molar-refractivity contribution in [3.8, 4) is 11.8 Å². The molecule has 2 nitrogen and oxygen atoms in total. The Hall–Kier alpha value is -1.70. The summed E-state index contributed by atoms with van der Waals surface area (Å²) in [6.45, 7) is 3.36. The Bertz CT molecular complexity index is 418. The van der Waals surface area contributed by atoms with Crippen LogP contribution in [0, 0.1) is 11.3 Å². The van der Waals surface area contributed by atoms with Crippen molar-refractivity contribution in [2.45, 2.75) is 26.1 Å². The van der Waals surface area contributed by atoms with Crippen LogP contribution < -0.4 is 4.74 Å². The number of halogens is 3. The lowest BCUT2D eigenvalue weighted by Gasteiger charge is -2.13. The molecule has 0 N–H and O–H groups in total. The maximum absolute atomic E-state index is 12.4. The van der Waals surface area contributed by atoms with Gasteiger partial charge in [-0.05, 0) is 32.0 Å². The lowest BCUT2D eigenvalue weighted by Crippen LogP contribution is -2.10. The molecule has 0 aliphatic heterocycles. The molecule has 0 unspecified atom stereocenters. The molecular formula is C11H10F3NO. The van der Waals surface area contributed by atoms with Gasteiger partial charge < -0.3 is 4.74 Å². The van der Waals surface area contributed by atoms with Gasteiger partial charge in [-0.15, -0.1) is 0 Å². The van der Waals surface area contributed by atoms with Gasteiger partial charge in [-0.25, -0.2) is 0 Å². The van der Waals surface area contributed by atoms with Gasteiger partial charge in [-0.1, -0.05) is 0 Å². The molecule has 0 bridgehead atoms. The zero-order valence-electron chi connectivity index (χ0n) is 8.80. The number of nitrogens with zero attached hydrogens (tertiary/aromatic N) is 1. The molecule has 1 aromatic carbocycles. The summed E-state index contributed by atoms with van der Waals surface area (Å²) in [4.78, 5) is 0. The van der Waals surface area contributed by atoms with Gasteiger partial charge >= 0.3 is 6.18 Å². The molecule has 0 heterocycles. The van der Waals surface area contributed by atoms with Gasteiger partial charge in [0, 0.05) is 0 Å². The highest BCUT2D eigenvalue weighted by atomic mass is 19.4. The molecule has 86 valence electrons. The molecule has 16 heavy (non-hydrogen) atoms. The first-order valence-corrected chi connectivity index (χ1v) is 4.62. The molecule has 0 saturated heterocycles. The van der Waals surface area contributed by atoms with Gasteiger partial charge in [-0.3, -0.25) is 0 Å². The largest absolute Gasteiger partial charge is 0.490 e. The molecule has 0 fully saturated rings. The molecule has 0 amide bonds. The van der Waals surface area contributed by atoms with Gasteiger partial charge in [-0.2, -0.15) is 18.4 Å². The standard InChI is InChI=1S/C11H10F3NO/c1-7(2)16-10-5-9(11(12,13)14)4-3-8(10)6-15/h3-5,7H,1-2H3.